The summed E-state index contributed by atoms with van der Waals surface area (Å²) < 4.78 is 37.6. The standard InChI is InChI=1S/C17H15F3O/c1-2-15(12-6-4-3-5-7-12)16(21)13-8-10-14(11-9-13)17(18,19)20/h2-11,15-16,21H,1H2/t15-,16-/m1/s1. The molecular formula is C17H15F3O. The minimum Gasteiger partial charge on any atom is -0.387 e. The topological polar surface area (TPSA) is 20.2 Å². The smallest absolute Gasteiger partial charge is 0.387 e. The van der Waals surface area contributed by atoms with E-state index >= 15 is 0 Å². The van der Waals surface area contributed by atoms with Gasteiger partial charge >= 0.3 is 6.18 Å². The van der Waals surface area contributed by atoms with Crippen LogP contribution in [0, 0.1) is 0 Å². The van der Waals surface area contributed by atoms with E-state index in [2.05, 4.69) is 6.58 Å². The highest BCUT2D eigenvalue weighted by atomic mass is 19.4. The van der Waals surface area contributed by atoms with E-state index in [0.717, 1.165) is 17.7 Å². The highest BCUT2D eigenvalue weighted by Gasteiger charge is 2.30. The molecule has 2 aromatic rings. The maximum atomic E-state index is 12.5. The largest absolute Gasteiger partial charge is 0.416 e. The summed E-state index contributed by atoms with van der Waals surface area (Å²) in [6.45, 7) is 3.70. The van der Waals surface area contributed by atoms with Gasteiger partial charge in [-0.15, -0.1) is 6.58 Å². The lowest BCUT2D eigenvalue weighted by Gasteiger charge is -2.21. The third-order valence-corrected chi connectivity index (χ3v) is 3.36. The van der Waals surface area contributed by atoms with Crippen LogP contribution in [0.5, 0.6) is 0 Å². The Morgan fingerprint density at radius 1 is 0.905 bits per heavy atom. The normalized spacial score (nSPS) is 14.5. The van der Waals surface area contributed by atoms with Crippen LogP contribution in [0.25, 0.3) is 0 Å². The van der Waals surface area contributed by atoms with Crippen molar-refractivity contribution >= 4 is 0 Å². The lowest BCUT2D eigenvalue weighted by Crippen LogP contribution is -2.10. The van der Waals surface area contributed by atoms with Crippen LogP contribution in [0.3, 0.4) is 0 Å². The first kappa shape index (κ1) is 15.3. The molecule has 0 saturated heterocycles. The number of hydrogen-bond acceptors (Lipinski definition) is 1. The van der Waals surface area contributed by atoms with Gasteiger partial charge in [0, 0.05) is 5.92 Å². The molecule has 1 N–H and O–H groups in total. The Morgan fingerprint density at radius 3 is 1.95 bits per heavy atom. The van der Waals surface area contributed by atoms with E-state index in [1.807, 2.05) is 30.3 Å². The van der Waals surface area contributed by atoms with Gasteiger partial charge in [0.25, 0.3) is 0 Å². The van der Waals surface area contributed by atoms with Crippen LogP contribution in [0.4, 0.5) is 13.2 Å². The van der Waals surface area contributed by atoms with Crippen LogP contribution in [0.1, 0.15) is 28.7 Å². The summed E-state index contributed by atoms with van der Waals surface area (Å²) in [5.74, 6) is -0.372. The van der Waals surface area contributed by atoms with Crippen molar-refractivity contribution in [3.05, 3.63) is 83.9 Å². The Kier molecular flexibility index (Phi) is 4.48. The molecule has 0 radical (unpaired) electrons. The van der Waals surface area contributed by atoms with E-state index in [9.17, 15) is 18.3 Å². The van der Waals surface area contributed by atoms with Gasteiger partial charge in [-0.25, -0.2) is 0 Å². The second-order valence-electron chi connectivity index (χ2n) is 4.74. The van der Waals surface area contributed by atoms with Crippen molar-refractivity contribution in [2.75, 3.05) is 0 Å². The van der Waals surface area contributed by atoms with Gasteiger partial charge in [0.05, 0.1) is 11.7 Å². The average Bonchev–Trinajstić information content (AvgIpc) is 2.48. The zero-order chi connectivity index (χ0) is 15.5. The minimum absolute atomic E-state index is 0.372. The molecule has 2 atom stereocenters. The van der Waals surface area contributed by atoms with Crippen LogP contribution >= 0.6 is 0 Å². The molecule has 0 aliphatic carbocycles. The van der Waals surface area contributed by atoms with Gasteiger partial charge in [-0.05, 0) is 23.3 Å². The van der Waals surface area contributed by atoms with Crippen molar-refractivity contribution in [2.24, 2.45) is 0 Å². The van der Waals surface area contributed by atoms with Crippen LogP contribution < -0.4 is 0 Å². The molecule has 2 aromatic carbocycles. The highest BCUT2D eigenvalue weighted by molar-refractivity contribution is 5.32. The molecule has 0 spiro atoms. The second kappa shape index (κ2) is 6.14. The molecule has 0 aliphatic heterocycles. The number of alkyl halides is 3. The third-order valence-electron chi connectivity index (χ3n) is 3.36. The summed E-state index contributed by atoms with van der Waals surface area (Å²) in [5.41, 5.74) is 0.560. The van der Waals surface area contributed by atoms with Crippen LogP contribution in [0.15, 0.2) is 67.3 Å². The minimum atomic E-state index is -4.37. The molecule has 0 aromatic heterocycles. The van der Waals surface area contributed by atoms with E-state index in [-0.39, 0.29) is 5.92 Å². The summed E-state index contributed by atoms with van der Waals surface area (Å²) in [7, 11) is 0. The van der Waals surface area contributed by atoms with Crippen molar-refractivity contribution in [1.82, 2.24) is 0 Å². The van der Waals surface area contributed by atoms with Crippen LogP contribution in [0.2, 0.25) is 0 Å². The molecule has 0 aliphatic rings. The van der Waals surface area contributed by atoms with E-state index in [0.29, 0.717) is 5.56 Å². The highest BCUT2D eigenvalue weighted by Crippen LogP contribution is 2.34. The van der Waals surface area contributed by atoms with Crippen molar-refractivity contribution in [1.29, 1.82) is 0 Å². The lowest BCUT2D eigenvalue weighted by atomic mass is 9.89. The Balaban J connectivity index is 2.26. The zero-order valence-electron chi connectivity index (χ0n) is 11.2. The third kappa shape index (κ3) is 3.52. The van der Waals surface area contributed by atoms with Gasteiger partial charge in [0.1, 0.15) is 0 Å². The number of aliphatic hydroxyl groups is 1. The number of benzene rings is 2. The first-order chi connectivity index (χ1) is 9.93. The Bertz CT molecular complexity index is 588. The summed E-state index contributed by atoms with van der Waals surface area (Å²) >= 11 is 0. The maximum Gasteiger partial charge on any atom is 0.416 e. The van der Waals surface area contributed by atoms with Crippen LogP contribution in [-0.4, -0.2) is 5.11 Å². The van der Waals surface area contributed by atoms with Crippen molar-refractivity contribution in [3.63, 3.8) is 0 Å². The molecule has 4 heteroatoms. The molecule has 1 nitrogen and oxygen atoms in total. The molecule has 110 valence electrons. The molecule has 2 rings (SSSR count). The predicted molar refractivity (Wildman–Crippen MR) is 75.8 cm³/mol. The quantitative estimate of drug-likeness (QED) is 0.809. The van der Waals surface area contributed by atoms with E-state index in [1.54, 1.807) is 6.08 Å². The first-order valence-electron chi connectivity index (χ1n) is 6.46. The Hall–Kier alpha value is -2.07. The molecule has 0 heterocycles. The van der Waals surface area contributed by atoms with Gasteiger partial charge < -0.3 is 5.11 Å². The number of halogens is 3. The summed E-state index contributed by atoms with van der Waals surface area (Å²) in [6, 6.07) is 13.8. The average molecular weight is 292 g/mol. The van der Waals surface area contributed by atoms with Crippen molar-refractivity contribution < 1.29 is 18.3 Å². The fraction of sp³-hybridized carbons (Fsp3) is 0.176. The molecule has 21 heavy (non-hydrogen) atoms. The molecular weight excluding hydrogens is 277 g/mol. The Labute approximate surface area is 121 Å². The summed E-state index contributed by atoms with van der Waals surface area (Å²) in [6.07, 6.45) is -3.72. The van der Waals surface area contributed by atoms with E-state index in [4.69, 9.17) is 0 Å². The van der Waals surface area contributed by atoms with Gasteiger partial charge in [-0.1, -0.05) is 48.5 Å². The van der Waals surface area contributed by atoms with Crippen LogP contribution in [-0.2, 0) is 6.18 Å². The molecule has 0 saturated carbocycles. The van der Waals surface area contributed by atoms with Gasteiger partial charge in [-0.2, -0.15) is 13.2 Å². The summed E-state index contributed by atoms with van der Waals surface area (Å²) in [5, 5.41) is 10.4. The van der Waals surface area contributed by atoms with E-state index in [1.165, 1.54) is 12.1 Å². The van der Waals surface area contributed by atoms with Crippen molar-refractivity contribution in [3.8, 4) is 0 Å². The predicted octanol–water partition coefficient (Wildman–Crippen LogP) is 4.71. The SMILES string of the molecule is C=C[C@H](c1ccccc1)[C@H](O)c1ccc(C(F)(F)F)cc1. The molecule has 0 amide bonds. The van der Waals surface area contributed by atoms with Gasteiger partial charge in [-0.3, -0.25) is 0 Å². The summed E-state index contributed by atoms with van der Waals surface area (Å²) in [4.78, 5) is 0. The first-order valence-corrected chi connectivity index (χ1v) is 6.46. The lowest BCUT2D eigenvalue weighted by molar-refractivity contribution is -0.137. The van der Waals surface area contributed by atoms with E-state index < -0.39 is 17.8 Å². The Morgan fingerprint density at radius 2 is 1.48 bits per heavy atom. The molecule has 0 bridgehead atoms. The van der Waals surface area contributed by atoms with Crippen molar-refractivity contribution in [2.45, 2.75) is 18.2 Å². The number of rotatable bonds is 4. The fourth-order valence-electron chi connectivity index (χ4n) is 2.20. The number of aliphatic hydroxyl groups excluding tert-OH is 1. The zero-order valence-corrected chi connectivity index (χ0v) is 11.2. The maximum absolute atomic E-state index is 12.5. The second-order valence-corrected chi connectivity index (χ2v) is 4.74. The van der Waals surface area contributed by atoms with Gasteiger partial charge in [0.2, 0.25) is 0 Å². The molecule has 0 fully saturated rings. The van der Waals surface area contributed by atoms with Gasteiger partial charge in [0.15, 0.2) is 0 Å². The fourth-order valence-corrected chi connectivity index (χ4v) is 2.20. The number of hydrogen-bond donors (Lipinski definition) is 1. The molecule has 0 unspecified atom stereocenters. The monoisotopic (exact) mass is 292 g/mol.